The van der Waals surface area contributed by atoms with Gasteiger partial charge in [-0.2, -0.15) is 0 Å². The molecule has 0 radical (unpaired) electrons. The standard InChI is InChI=1S/C18H18N4O2S2/c23-16(19-11-15-7-4-10-25-15)9-8-14-12-26-18(21-14)22-17(24)20-13-5-2-1-3-6-13/h1-7,10,12H,8-9,11H2,(H,19,23)(H2,20,21,22,24). The average molecular weight is 387 g/mol. The summed E-state index contributed by atoms with van der Waals surface area (Å²) in [5, 5.41) is 12.7. The Kier molecular flexibility index (Phi) is 6.34. The lowest BCUT2D eigenvalue weighted by molar-refractivity contribution is -0.121. The summed E-state index contributed by atoms with van der Waals surface area (Å²) in [5.74, 6) is -0.0114. The smallest absolute Gasteiger partial charge is 0.325 e. The van der Waals surface area contributed by atoms with Gasteiger partial charge in [-0.1, -0.05) is 24.3 Å². The summed E-state index contributed by atoms with van der Waals surface area (Å²) in [7, 11) is 0. The number of nitrogens with zero attached hydrogens (tertiary/aromatic N) is 1. The normalized spacial score (nSPS) is 10.3. The predicted octanol–water partition coefficient (Wildman–Crippen LogP) is 4.10. The van der Waals surface area contributed by atoms with Crippen LogP contribution in [0.3, 0.4) is 0 Å². The van der Waals surface area contributed by atoms with Gasteiger partial charge in [0.15, 0.2) is 5.13 Å². The van der Waals surface area contributed by atoms with E-state index in [9.17, 15) is 9.59 Å². The molecule has 2 aromatic heterocycles. The summed E-state index contributed by atoms with van der Waals surface area (Å²) in [6.45, 7) is 0.556. The number of hydrogen-bond acceptors (Lipinski definition) is 5. The molecule has 26 heavy (non-hydrogen) atoms. The van der Waals surface area contributed by atoms with Crippen molar-refractivity contribution in [1.82, 2.24) is 10.3 Å². The summed E-state index contributed by atoms with van der Waals surface area (Å²) in [6.07, 6.45) is 0.902. The summed E-state index contributed by atoms with van der Waals surface area (Å²) < 4.78 is 0. The summed E-state index contributed by atoms with van der Waals surface area (Å²) >= 11 is 2.96. The van der Waals surface area contributed by atoms with E-state index >= 15 is 0 Å². The molecule has 0 atom stereocenters. The molecule has 0 fully saturated rings. The molecule has 2 heterocycles. The lowest BCUT2D eigenvalue weighted by Crippen LogP contribution is -2.22. The molecule has 8 heteroatoms. The quantitative estimate of drug-likeness (QED) is 0.572. The molecule has 3 aromatic rings. The first-order chi connectivity index (χ1) is 12.7. The number of aryl methyl sites for hydroxylation is 1. The van der Waals surface area contributed by atoms with Gasteiger partial charge in [0.05, 0.1) is 12.2 Å². The van der Waals surface area contributed by atoms with Gasteiger partial charge in [0.25, 0.3) is 0 Å². The fourth-order valence-corrected chi connectivity index (χ4v) is 3.57. The molecule has 0 aliphatic carbocycles. The number of rotatable bonds is 7. The zero-order chi connectivity index (χ0) is 18.2. The maximum atomic E-state index is 11.9. The minimum atomic E-state index is -0.342. The summed E-state index contributed by atoms with van der Waals surface area (Å²) in [5.41, 5.74) is 1.50. The van der Waals surface area contributed by atoms with Crippen molar-refractivity contribution in [3.8, 4) is 0 Å². The van der Waals surface area contributed by atoms with Gasteiger partial charge in [0, 0.05) is 22.4 Å². The molecule has 6 nitrogen and oxygen atoms in total. The van der Waals surface area contributed by atoms with Gasteiger partial charge in [-0.15, -0.1) is 22.7 Å². The third-order valence-electron chi connectivity index (χ3n) is 3.45. The second-order valence-corrected chi connectivity index (χ2v) is 7.34. The van der Waals surface area contributed by atoms with Gasteiger partial charge in [-0.25, -0.2) is 9.78 Å². The van der Waals surface area contributed by atoms with Gasteiger partial charge in [0.1, 0.15) is 0 Å². The zero-order valence-electron chi connectivity index (χ0n) is 13.9. The molecule has 1 aromatic carbocycles. The third kappa shape index (κ3) is 5.68. The van der Waals surface area contributed by atoms with Crippen LogP contribution in [0.4, 0.5) is 15.6 Å². The largest absolute Gasteiger partial charge is 0.351 e. The third-order valence-corrected chi connectivity index (χ3v) is 5.13. The van der Waals surface area contributed by atoms with Gasteiger partial charge >= 0.3 is 6.03 Å². The number of nitrogens with one attached hydrogen (secondary N) is 3. The van der Waals surface area contributed by atoms with Crippen LogP contribution in [0, 0.1) is 0 Å². The van der Waals surface area contributed by atoms with E-state index in [1.165, 1.54) is 11.3 Å². The van der Waals surface area contributed by atoms with E-state index in [4.69, 9.17) is 0 Å². The van der Waals surface area contributed by atoms with Crippen molar-refractivity contribution in [2.45, 2.75) is 19.4 Å². The van der Waals surface area contributed by atoms with Crippen molar-refractivity contribution in [2.24, 2.45) is 0 Å². The minimum Gasteiger partial charge on any atom is -0.351 e. The first-order valence-electron chi connectivity index (χ1n) is 8.05. The second kappa shape index (κ2) is 9.12. The number of thiophene rings is 1. The van der Waals surface area contributed by atoms with Gasteiger partial charge in [0.2, 0.25) is 5.91 Å². The van der Waals surface area contributed by atoms with Crippen LogP contribution in [0.15, 0.2) is 53.2 Å². The van der Waals surface area contributed by atoms with Crippen molar-refractivity contribution in [1.29, 1.82) is 0 Å². The van der Waals surface area contributed by atoms with E-state index in [0.717, 1.165) is 10.6 Å². The Morgan fingerprint density at radius 2 is 1.85 bits per heavy atom. The second-order valence-electron chi connectivity index (χ2n) is 5.45. The van der Waals surface area contributed by atoms with Crippen molar-refractivity contribution in [2.75, 3.05) is 10.6 Å². The Hall–Kier alpha value is -2.71. The molecule has 0 unspecified atom stereocenters. The number of hydrogen-bond donors (Lipinski definition) is 3. The predicted molar refractivity (Wildman–Crippen MR) is 106 cm³/mol. The number of aromatic nitrogens is 1. The van der Waals surface area contributed by atoms with Gasteiger partial charge in [-0.3, -0.25) is 10.1 Å². The van der Waals surface area contributed by atoms with Crippen LogP contribution in [0.1, 0.15) is 17.0 Å². The fourth-order valence-electron chi connectivity index (χ4n) is 2.19. The Bertz CT molecular complexity index is 847. The van der Waals surface area contributed by atoms with E-state index in [1.54, 1.807) is 11.3 Å². The number of para-hydroxylation sites is 1. The molecule has 0 saturated heterocycles. The van der Waals surface area contributed by atoms with E-state index in [-0.39, 0.29) is 11.9 Å². The Balaban J connectivity index is 1.41. The van der Waals surface area contributed by atoms with Crippen LogP contribution in [0.25, 0.3) is 0 Å². The number of carbonyl (C=O) groups excluding carboxylic acids is 2. The lowest BCUT2D eigenvalue weighted by Gasteiger charge is -2.04. The van der Waals surface area contributed by atoms with E-state index in [2.05, 4.69) is 20.9 Å². The van der Waals surface area contributed by atoms with Crippen molar-refractivity contribution in [3.63, 3.8) is 0 Å². The Morgan fingerprint density at radius 3 is 2.62 bits per heavy atom. The van der Waals surface area contributed by atoms with Crippen LogP contribution in [-0.4, -0.2) is 16.9 Å². The molecular weight excluding hydrogens is 368 g/mol. The van der Waals surface area contributed by atoms with Crippen LogP contribution >= 0.6 is 22.7 Å². The van der Waals surface area contributed by atoms with Crippen LogP contribution in [-0.2, 0) is 17.8 Å². The van der Waals surface area contributed by atoms with Gasteiger partial charge < -0.3 is 10.6 Å². The number of amides is 3. The van der Waals surface area contributed by atoms with Crippen molar-refractivity contribution in [3.05, 3.63) is 63.8 Å². The van der Waals surface area contributed by atoms with Crippen LogP contribution < -0.4 is 16.0 Å². The molecule has 0 aliphatic heterocycles. The minimum absolute atomic E-state index is 0.0114. The highest BCUT2D eigenvalue weighted by molar-refractivity contribution is 7.14. The van der Waals surface area contributed by atoms with Gasteiger partial charge in [-0.05, 0) is 30.0 Å². The first kappa shape index (κ1) is 18.1. The first-order valence-corrected chi connectivity index (χ1v) is 9.81. The highest BCUT2D eigenvalue weighted by Crippen LogP contribution is 2.17. The maximum absolute atomic E-state index is 11.9. The van der Waals surface area contributed by atoms with Crippen molar-refractivity contribution < 1.29 is 9.59 Å². The monoisotopic (exact) mass is 386 g/mol. The zero-order valence-corrected chi connectivity index (χ0v) is 15.5. The molecule has 0 bridgehead atoms. The summed E-state index contributed by atoms with van der Waals surface area (Å²) in [6, 6.07) is 12.8. The number of benzene rings is 1. The summed E-state index contributed by atoms with van der Waals surface area (Å²) in [4.78, 5) is 29.3. The maximum Gasteiger partial charge on any atom is 0.325 e. The van der Waals surface area contributed by atoms with Crippen LogP contribution in [0.5, 0.6) is 0 Å². The van der Waals surface area contributed by atoms with Crippen LogP contribution in [0.2, 0.25) is 0 Å². The SMILES string of the molecule is O=C(CCc1csc(NC(=O)Nc2ccccc2)n1)NCc1cccs1. The number of carbonyl (C=O) groups is 2. The average Bonchev–Trinajstić information content (AvgIpc) is 3.31. The molecule has 0 spiro atoms. The fraction of sp³-hybridized carbons (Fsp3) is 0.167. The lowest BCUT2D eigenvalue weighted by atomic mass is 10.2. The Labute approximate surface area is 159 Å². The molecule has 0 aliphatic rings. The molecular formula is C18H18N4O2S2. The topological polar surface area (TPSA) is 83.1 Å². The van der Waals surface area contributed by atoms with Crippen molar-refractivity contribution >= 4 is 45.4 Å². The number of anilines is 2. The molecule has 3 rings (SSSR count). The molecule has 3 N–H and O–H groups in total. The van der Waals surface area contributed by atoms with E-state index < -0.39 is 0 Å². The van der Waals surface area contributed by atoms with E-state index in [0.29, 0.717) is 30.2 Å². The molecule has 3 amide bonds. The highest BCUT2D eigenvalue weighted by Gasteiger charge is 2.09. The molecule has 0 saturated carbocycles. The highest BCUT2D eigenvalue weighted by atomic mass is 32.1. The molecule has 134 valence electrons. The van der Waals surface area contributed by atoms with E-state index in [1.807, 2.05) is 53.2 Å². The number of thiazole rings is 1. The number of urea groups is 1. The Morgan fingerprint density at radius 1 is 1.00 bits per heavy atom.